The molecular weight excluding hydrogens is 392 g/mol. The third kappa shape index (κ3) is 5.52. The topological polar surface area (TPSA) is 84.6 Å². The third-order valence-electron chi connectivity index (χ3n) is 5.53. The van der Waals surface area contributed by atoms with Gasteiger partial charge in [0.05, 0.1) is 0 Å². The number of anilines is 2. The second kappa shape index (κ2) is 10.3. The lowest BCUT2D eigenvalue weighted by atomic mass is 10.1. The van der Waals surface area contributed by atoms with E-state index in [9.17, 15) is 9.59 Å². The third-order valence-corrected chi connectivity index (χ3v) is 5.53. The number of likely N-dealkylation sites (tertiary alicyclic amines) is 1. The fourth-order valence-electron chi connectivity index (χ4n) is 3.89. The molecule has 166 valence electrons. The van der Waals surface area contributed by atoms with E-state index in [1.54, 1.807) is 18.5 Å². The first-order valence-corrected chi connectivity index (χ1v) is 10.7. The van der Waals surface area contributed by atoms with Gasteiger partial charge in [-0.15, -0.1) is 0 Å². The number of nitrogens with one attached hydrogen (secondary N) is 2. The van der Waals surface area contributed by atoms with Crippen molar-refractivity contribution in [2.24, 2.45) is 0 Å². The van der Waals surface area contributed by atoms with Crippen molar-refractivity contribution in [3.8, 4) is 11.1 Å². The summed E-state index contributed by atoms with van der Waals surface area (Å²) in [6, 6.07) is 5.91. The van der Waals surface area contributed by atoms with Gasteiger partial charge in [-0.25, -0.2) is 4.98 Å². The Morgan fingerprint density at radius 2 is 2.16 bits per heavy atom. The summed E-state index contributed by atoms with van der Waals surface area (Å²) in [6.45, 7) is 4.77. The molecular formula is C23H32N6O2. The van der Waals surface area contributed by atoms with Gasteiger partial charge in [0.1, 0.15) is 11.5 Å². The van der Waals surface area contributed by atoms with Crippen molar-refractivity contribution in [3.05, 3.63) is 53.1 Å². The van der Waals surface area contributed by atoms with Crippen LogP contribution in [0.3, 0.4) is 0 Å². The van der Waals surface area contributed by atoms with E-state index in [1.807, 2.05) is 62.1 Å². The van der Waals surface area contributed by atoms with Crippen LogP contribution in [0.5, 0.6) is 0 Å². The fourth-order valence-corrected chi connectivity index (χ4v) is 3.89. The van der Waals surface area contributed by atoms with Crippen LogP contribution in [0.1, 0.15) is 13.3 Å². The van der Waals surface area contributed by atoms with E-state index in [2.05, 4.69) is 20.2 Å². The zero-order valence-electron chi connectivity index (χ0n) is 18.8. The van der Waals surface area contributed by atoms with Gasteiger partial charge in [-0.3, -0.25) is 9.59 Å². The molecule has 0 aromatic carbocycles. The Morgan fingerprint density at radius 1 is 1.35 bits per heavy atom. The number of hydrogen-bond donors (Lipinski definition) is 2. The highest BCUT2D eigenvalue weighted by atomic mass is 16.2. The number of aromatic amines is 1. The highest BCUT2D eigenvalue weighted by molar-refractivity contribution is 5.88. The molecule has 0 saturated carbocycles. The molecule has 0 spiro atoms. The lowest BCUT2D eigenvalue weighted by Gasteiger charge is -2.29. The van der Waals surface area contributed by atoms with Gasteiger partial charge in [0, 0.05) is 63.3 Å². The zero-order chi connectivity index (χ0) is 22.4. The first kappa shape index (κ1) is 22.6. The average Bonchev–Trinajstić information content (AvgIpc) is 3.25. The number of rotatable bonds is 8. The van der Waals surface area contributed by atoms with Crippen molar-refractivity contribution < 1.29 is 4.79 Å². The molecule has 0 radical (unpaired) electrons. The van der Waals surface area contributed by atoms with Gasteiger partial charge in [-0.1, -0.05) is 6.08 Å². The predicted molar refractivity (Wildman–Crippen MR) is 126 cm³/mol. The summed E-state index contributed by atoms with van der Waals surface area (Å²) >= 11 is 0. The quantitative estimate of drug-likeness (QED) is 0.631. The number of likely N-dealkylation sites (N-methyl/N-ethyl adjacent to an activating group) is 2. The molecule has 1 saturated heterocycles. The van der Waals surface area contributed by atoms with Crippen LogP contribution in [0.4, 0.5) is 11.5 Å². The first-order valence-electron chi connectivity index (χ1n) is 10.7. The maximum Gasteiger partial charge on any atom is 0.271 e. The monoisotopic (exact) mass is 424 g/mol. The second-order valence-electron chi connectivity index (χ2n) is 7.96. The SMILES string of the molecule is CCN(c1cc(-c2ccnc(NC)c2)c[nH]c1=O)[C@H]1CCN(C(=O)C=CCN(C)C)C1. The number of pyridine rings is 2. The molecule has 0 unspecified atom stereocenters. The Labute approximate surface area is 183 Å². The molecule has 0 bridgehead atoms. The number of hydrogen-bond acceptors (Lipinski definition) is 6. The molecule has 0 aliphatic carbocycles. The highest BCUT2D eigenvalue weighted by Gasteiger charge is 2.30. The van der Waals surface area contributed by atoms with Crippen molar-refractivity contribution in [2.45, 2.75) is 19.4 Å². The Bertz CT molecular complexity index is 984. The minimum atomic E-state index is -0.121. The average molecular weight is 425 g/mol. The number of aromatic nitrogens is 2. The van der Waals surface area contributed by atoms with Crippen molar-refractivity contribution in [2.75, 3.05) is 57.5 Å². The van der Waals surface area contributed by atoms with E-state index < -0.39 is 0 Å². The smallest absolute Gasteiger partial charge is 0.271 e. The van der Waals surface area contributed by atoms with Crippen LogP contribution in [0.25, 0.3) is 11.1 Å². The molecule has 1 atom stereocenters. The number of H-pyrrole nitrogens is 1. The van der Waals surface area contributed by atoms with Gasteiger partial charge in [-0.05, 0) is 51.2 Å². The summed E-state index contributed by atoms with van der Waals surface area (Å²) < 4.78 is 0. The summed E-state index contributed by atoms with van der Waals surface area (Å²) in [5, 5.41) is 3.04. The van der Waals surface area contributed by atoms with E-state index in [0.29, 0.717) is 25.3 Å². The van der Waals surface area contributed by atoms with Crippen molar-refractivity contribution in [3.63, 3.8) is 0 Å². The van der Waals surface area contributed by atoms with E-state index in [0.717, 1.165) is 29.9 Å². The van der Waals surface area contributed by atoms with Crippen LogP contribution >= 0.6 is 0 Å². The fraction of sp³-hybridized carbons (Fsp3) is 0.435. The lowest BCUT2D eigenvalue weighted by molar-refractivity contribution is -0.125. The summed E-state index contributed by atoms with van der Waals surface area (Å²) in [5.74, 6) is 0.796. The normalized spacial score (nSPS) is 16.3. The van der Waals surface area contributed by atoms with E-state index in [4.69, 9.17) is 0 Å². The molecule has 2 N–H and O–H groups in total. The molecule has 2 aromatic rings. The summed E-state index contributed by atoms with van der Waals surface area (Å²) in [4.78, 5) is 38.3. The largest absolute Gasteiger partial charge is 0.373 e. The number of carbonyl (C=O) groups excluding carboxylic acids is 1. The van der Waals surface area contributed by atoms with Crippen LogP contribution in [0, 0.1) is 0 Å². The van der Waals surface area contributed by atoms with E-state index in [-0.39, 0.29) is 17.5 Å². The second-order valence-corrected chi connectivity index (χ2v) is 7.96. The van der Waals surface area contributed by atoms with Crippen LogP contribution in [0.15, 0.2) is 47.5 Å². The summed E-state index contributed by atoms with van der Waals surface area (Å²) in [7, 11) is 5.76. The van der Waals surface area contributed by atoms with Gasteiger partial charge in [0.2, 0.25) is 5.91 Å². The lowest BCUT2D eigenvalue weighted by Crippen LogP contribution is -2.41. The number of nitrogens with zero attached hydrogens (tertiary/aromatic N) is 4. The summed E-state index contributed by atoms with van der Waals surface area (Å²) in [5.41, 5.74) is 2.40. The van der Waals surface area contributed by atoms with Crippen molar-refractivity contribution >= 4 is 17.4 Å². The van der Waals surface area contributed by atoms with Gasteiger partial charge in [-0.2, -0.15) is 0 Å². The Balaban J connectivity index is 1.79. The van der Waals surface area contributed by atoms with Gasteiger partial charge >= 0.3 is 0 Å². The Kier molecular flexibility index (Phi) is 7.46. The van der Waals surface area contributed by atoms with Crippen LogP contribution in [-0.4, -0.2) is 79.0 Å². The molecule has 8 nitrogen and oxygen atoms in total. The molecule has 8 heteroatoms. The van der Waals surface area contributed by atoms with Crippen LogP contribution in [-0.2, 0) is 4.79 Å². The zero-order valence-corrected chi connectivity index (χ0v) is 18.8. The number of amides is 1. The minimum Gasteiger partial charge on any atom is -0.373 e. The molecule has 1 amide bonds. The highest BCUT2D eigenvalue weighted by Crippen LogP contribution is 2.26. The Hall–Kier alpha value is -3.13. The van der Waals surface area contributed by atoms with E-state index >= 15 is 0 Å². The maximum atomic E-state index is 12.7. The Morgan fingerprint density at radius 3 is 2.87 bits per heavy atom. The predicted octanol–water partition coefficient (Wildman–Crippen LogP) is 2.02. The standard InChI is InChI=1S/C23H32N6O2/c1-5-29(19-9-12-28(16-19)22(30)7-6-11-27(3)4)20-13-18(15-26-23(20)31)17-8-10-25-21(14-17)24-2/h6-8,10,13-15,19H,5,9,11-12,16H2,1-4H3,(H,24,25)(H,26,31)/t19-/m0/s1. The molecule has 1 aliphatic rings. The molecule has 1 fully saturated rings. The molecule has 3 rings (SSSR count). The first-order chi connectivity index (χ1) is 14.9. The van der Waals surface area contributed by atoms with Crippen molar-refractivity contribution in [1.82, 2.24) is 19.8 Å². The van der Waals surface area contributed by atoms with Crippen molar-refractivity contribution in [1.29, 1.82) is 0 Å². The van der Waals surface area contributed by atoms with Crippen LogP contribution < -0.4 is 15.8 Å². The molecule has 2 aromatic heterocycles. The minimum absolute atomic E-state index is 0.0273. The van der Waals surface area contributed by atoms with E-state index in [1.165, 1.54) is 0 Å². The number of carbonyl (C=O) groups is 1. The van der Waals surface area contributed by atoms with Crippen LogP contribution in [0.2, 0.25) is 0 Å². The van der Waals surface area contributed by atoms with Gasteiger partial charge in [0.15, 0.2) is 0 Å². The van der Waals surface area contributed by atoms with Gasteiger partial charge < -0.3 is 25.0 Å². The maximum absolute atomic E-state index is 12.7. The molecule has 1 aliphatic heterocycles. The molecule has 3 heterocycles. The summed E-state index contributed by atoms with van der Waals surface area (Å²) in [6.07, 6.45) is 7.84. The van der Waals surface area contributed by atoms with Gasteiger partial charge in [0.25, 0.3) is 5.56 Å². The molecule has 31 heavy (non-hydrogen) atoms.